The Bertz CT molecular complexity index is 355. The van der Waals surface area contributed by atoms with Crippen LogP contribution >= 0.6 is 11.6 Å². The van der Waals surface area contributed by atoms with Gasteiger partial charge in [-0.25, -0.2) is 4.52 Å². The molecular formula is C6H4ClN3. The zero-order valence-electron chi connectivity index (χ0n) is 5.03. The molecular weight excluding hydrogens is 150 g/mol. The maximum Gasteiger partial charge on any atom is 0.133 e. The molecule has 0 aliphatic heterocycles. The Hall–Kier alpha value is -1.09. The summed E-state index contributed by atoms with van der Waals surface area (Å²) in [6.45, 7) is 0. The zero-order chi connectivity index (χ0) is 6.97. The molecule has 0 radical (unpaired) electrons. The van der Waals surface area contributed by atoms with Gasteiger partial charge in [0.2, 0.25) is 0 Å². The fraction of sp³-hybridized carbons (Fsp3) is 0. The lowest BCUT2D eigenvalue weighted by Crippen LogP contribution is -1.87. The highest BCUT2D eigenvalue weighted by Crippen LogP contribution is 2.08. The predicted octanol–water partition coefficient (Wildman–Crippen LogP) is 1.38. The molecule has 2 aromatic heterocycles. The first-order chi connectivity index (χ1) is 4.88. The molecule has 3 nitrogen and oxygen atoms in total. The Labute approximate surface area is 62.2 Å². The maximum atomic E-state index is 5.76. The van der Waals surface area contributed by atoms with Crippen molar-refractivity contribution >= 4 is 17.1 Å². The van der Waals surface area contributed by atoms with E-state index in [0.717, 1.165) is 5.52 Å². The van der Waals surface area contributed by atoms with Crippen molar-refractivity contribution in [2.45, 2.75) is 0 Å². The summed E-state index contributed by atoms with van der Waals surface area (Å²) in [6, 6.07) is 5.52. The smallest absolute Gasteiger partial charge is 0.133 e. The van der Waals surface area contributed by atoms with Crippen molar-refractivity contribution in [2.75, 3.05) is 0 Å². The molecule has 0 aliphatic carbocycles. The van der Waals surface area contributed by atoms with Crippen molar-refractivity contribution in [2.24, 2.45) is 0 Å². The van der Waals surface area contributed by atoms with Crippen LogP contribution in [-0.4, -0.2) is 14.8 Å². The molecule has 0 atom stereocenters. The van der Waals surface area contributed by atoms with Crippen LogP contribution in [0.25, 0.3) is 5.52 Å². The molecule has 0 saturated carbocycles. The number of hydrogen-bond donors (Lipinski definition) is 0. The second kappa shape index (κ2) is 1.95. The van der Waals surface area contributed by atoms with E-state index >= 15 is 0 Å². The zero-order valence-corrected chi connectivity index (χ0v) is 5.78. The number of fused-ring (bicyclic) bond motifs is 1. The minimum absolute atomic E-state index is 0.579. The van der Waals surface area contributed by atoms with Gasteiger partial charge in [-0.05, 0) is 12.1 Å². The third-order valence-electron chi connectivity index (χ3n) is 1.28. The minimum Gasteiger partial charge on any atom is -0.202 e. The van der Waals surface area contributed by atoms with Gasteiger partial charge in [0.25, 0.3) is 0 Å². The summed E-state index contributed by atoms with van der Waals surface area (Å²) < 4.78 is 1.57. The van der Waals surface area contributed by atoms with Crippen molar-refractivity contribution in [3.8, 4) is 0 Å². The van der Waals surface area contributed by atoms with E-state index in [1.165, 1.54) is 0 Å². The number of hydrogen-bond acceptors (Lipinski definition) is 2. The van der Waals surface area contributed by atoms with Crippen LogP contribution in [0.5, 0.6) is 0 Å². The topological polar surface area (TPSA) is 30.2 Å². The van der Waals surface area contributed by atoms with Crippen LogP contribution in [0.15, 0.2) is 24.4 Å². The molecule has 0 amide bonds. The van der Waals surface area contributed by atoms with Crippen molar-refractivity contribution in [1.29, 1.82) is 0 Å². The van der Waals surface area contributed by atoms with Crippen molar-refractivity contribution < 1.29 is 0 Å². The van der Waals surface area contributed by atoms with E-state index in [0.29, 0.717) is 5.15 Å². The second-order valence-electron chi connectivity index (χ2n) is 1.92. The van der Waals surface area contributed by atoms with Gasteiger partial charge in [0.1, 0.15) is 5.15 Å². The molecule has 0 bridgehead atoms. The van der Waals surface area contributed by atoms with Gasteiger partial charge < -0.3 is 0 Å². The van der Waals surface area contributed by atoms with E-state index in [9.17, 15) is 0 Å². The van der Waals surface area contributed by atoms with E-state index < -0.39 is 0 Å². The van der Waals surface area contributed by atoms with Crippen LogP contribution in [-0.2, 0) is 0 Å². The first-order valence-corrected chi connectivity index (χ1v) is 3.21. The Morgan fingerprint density at radius 1 is 1.40 bits per heavy atom. The van der Waals surface area contributed by atoms with E-state index in [1.807, 2.05) is 12.1 Å². The second-order valence-corrected chi connectivity index (χ2v) is 2.31. The molecule has 4 heteroatoms. The molecule has 0 unspecified atom stereocenters. The van der Waals surface area contributed by atoms with Crippen LogP contribution in [0, 0.1) is 0 Å². The molecule has 2 rings (SSSR count). The van der Waals surface area contributed by atoms with Crippen LogP contribution in [0.3, 0.4) is 0 Å². The minimum atomic E-state index is 0.579. The SMILES string of the molecule is Clc1cccc2cnnn12. The lowest BCUT2D eigenvalue weighted by atomic mass is 10.4. The van der Waals surface area contributed by atoms with Gasteiger partial charge in [0.05, 0.1) is 11.7 Å². The lowest BCUT2D eigenvalue weighted by Gasteiger charge is -1.91. The Kier molecular flexibility index (Phi) is 1.11. The normalized spacial score (nSPS) is 10.5. The molecule has 0 saturated heterocycles. The van der Waals surface area contributed by atoms with Crippen LogP contribution < -0.4 is 0 Å². The molecule has 50 valence electrons. The molecule has 0 fully saturated rings. The third-order valence-corrected chi connectivity index (χ3v) is 1.56. The van der Waals surface area contributed by atoms with Crippen molar-refractivity contribution in [3.63, 3.8) is 0 Å². The van der Waals surface area contributed by atoms with Crippen LogP contribution in [0.2, 0.25) is 5.15 Å². The van der Waals surface area contributed by atoms with Gasteiger partial charge in [0.15, 0.2) is 0 Å². The van der Waals surface area contributed by atoms with Gasteiger partial charge >= 0.3 is 0 Å². The lowest BCUT2D eigenvalue weighted by molar-refractivity contribution is 0.856. The largest absolute Gasteiger partial charge is 0.202 e. The third kappa shape index (κ3) is 0.675. The van der Waals surface area contributed by atoms with E-state index in [2.05, 4.69) is 10.3 Å². The molecule has 0 N–H and O–H groups in total. The Morgan fingerprint density at radius 3 is 3.10 bits per heavy atom. The van der Waals surface area contributed by atoms with Gasteiger partial charge in [-0.15, -0.1) is 5.10 Å². The first-order valence-electron chi connectivity index (χ1n) is 2.83. The number of nitrogens with zero attached hydrogens (tertiary/aromatic N) is 3. The Morgan fingerprint density at radius 2 is 2.30 bits per heavy atom. The van der Waals surface area contributed by atoms with Crippen LogP contribution in [0.1, 0.15) is 0 Å². The Balaban J connectivity index is 2.95. The molecule has 2 aromatic rings. The molecule has 2 heterocycles. The summed E-state index contributed by atoms with van der Waals surface area (Å²) in [5.41, 5.74) is 0.910. The summed E-state index contributed by atoms with van der Waals surface area (Å²) in [4.78, 5) is 0. The summed E-state index contributed by atoms with van der Waals surface area (Å²) in [5.74, 6) is 0. The summed E-state index contributed by atoms with van der Waals surface area (Å²) >= 11 is 5.76. The monoisotopic (exact) mass is 153 g/mol. The fourth-order valence-electron chi connectivity index (χ4n) is 0.819. The van der Waals surface area contributed by atoms with Crippen molar-refractivity contribution in [3.05, 3.63) is 29.5 Å². The van der Waals surface area contributed by atoms with Gasteiger partial charge in [-0.3, -0.25) is 0 Å². The summed E-state index contributed by atoms with van der Waals surface area (Å²) in [6.07, 6.45) is 1.66. The summed E-state index contributed by atoms with van der Waals surface area (Å²) in [7, 11) is 0. The molecule has 0 aromatic carbocycles. The molecule has 0 spiro atoms. The van der Waals surface area contributed by atoms with E-state index in [-0.39, 0.29) is 0 Å². The highest BCUT2D eigenvalue weighted by atomic mass is 35.5. The number of halogens is 1. The average molecular weight is 154 g/mol. The number of pyridine rings is 1. The average Bonchev–Trinajstić information content (AvgIpc) is 2.36. The highest BCUT2D eigenvalue weighted by Gasteiger charge is 1.95. The maximum absolute atomic E-state index is 5.76. The van der Waals surface area contributed by atoms with Crippen molar-refractivity contribution in [1.82, 2.24) is 14.8 Å². The standard InChI is InChI=1S/C6H4ClN3/c7-6-3-1-2-5-4-8-9-10(5)6/h1-4H. The molecule has 0 aliphatic rings. The summed E-state index contributed by atoms with van der Waals surface area (Å²) in [5, 5.41) is 8.02. The quantitative estimate of drug-likeness (QED) is 0.536. The first kappa shape index (κ1) is 5.68. The van der Waals surface area contributed by atoms with Gasteiger partial charge in [0, 0.05) is 0 Å². The number of rotatable bonds is 0. The predicted molar refractivity (Wildman–Crippen MR) is 38.0 cm³/mol. The highest BCUT2D eigenvalue weighted by molar-refractivity contribution is 6.29. The van der Waals surface area contributed by atoms with Crippen LogP contribution in [0.4, 0.5) is 0 Å². The van der Waals surface area contributed by atoms with E-state index in [4.69, 9.17) is 11.6 Å². The molecule has 10 heavy (non-hydrogen) atoms. The van der Waals surface area contributed by atoms with E-state index in [1.54, 1.807) is 16.8 Å². The van der Waals surface area contributed by atoms with Gasteiger partial charge in [-0.2, -0.15) is 0 Å². The van der Waals surface area contributed by atoms with Gasteiger partial charge in [-0.1, -0.05) is 22.9 Å². The number of aromatic nitrogens is 3. The fourth-order valence-corrected chi connectivity index (χ4v) is 1.02.